The number of carboxylic acids is 1. The Morgan fingerprint density at radius 1 is 1.42 bits per heavy atom. The Morgan fingerprint density at radius 2 is 2.11 bits per heavy atom. The predicted molar refractivity (Wildman–Crippen MR) is 78.7 cm³/mol. The Kier molecular flexibility index (Phi) is 4.48. The van der Waals surface area contributed by atoms with Crippen molar-refractivity contribution < 1.29 is 9.90 Å². The third-order valence-electron chi connectivity index (χ3n) is 3.55. The molecule has 0 aliphatic carbocycles. The first-order valence-corrected chi connectivity index (χ1v) is 6.90. The molecule has 2 rings (SSSR count). The van der Waals surface area contributed by atoms with E-state index >= 15 is 0 Å². The topological polar surface area (TPSA) is 40.5 Å². The van der Waals surface area contributed by atoms with Gasteiger partial charge in [-0.2, -0.15) is 0 Å². The van der Waals surface area contributed by atoms with Gasteiger partial charge in [-0.15, -0.1) is 0 Å². The molecule has 0 saturated carbocycles. The van der Waals surface area contributed by atoms with E-state index < -0.39 is 5.97 Å². The number of hydrogen-bond acceptors (Lipinski definition) is 2. The number of benzene rings is 1. The number of aliphatic carboxylic acids is 1. The third-order valence-corrected chi connectivity index (χ3v) is 3.88. The van der Waals surface area contributed by atoms with Crippen molar-refractivity contribution in [3.05, 3.63) is 34.9 Å². The smallest absolute Gasteiger partial charge is 0.328 e. The van der Waals surface area contributed by atoms with Gasteiger partial charge in [-0.3, -0.25) is 0 Å². The molecule has 3 nitrogen and oxygen atoms in total. The summed E-state index contributed by atoms with van der Waals surface area (Å²) < 4.78 is 0. The van der Waals surface area contributed by atoms with Crippen LogP contribution in [0.1, 0.15) is 25.3 Å². The zero-order valence-corrected chi connectivity index (χ0v) is 11.7. The van der Waals surface area contributed by atoms with Crippen LogP contribution in [0.3, 0.4) is 0 Å². The number of rotatable bonds is 3. The number of piperidine rings is 1. The van der Waals surface area contributed by atoms with E-state index in [1.54, 1.807) is 12.1 Å². The Hall–Kier alpha value is -1.48. The summed E-state index contributed by atoms with van der Waals surface area (Å²) in [5.74, 6) is -0.202. The van der Waals surface area contributed by atoms with E-state index in [1.807, 2.05) is 12.1 Å². The maximum Gasteiger partial charge on any atom is 0.328 e. The van der Waals surface area contributed by atoms with E-state index in [0.29, 0.717) is 5.02 Å². The molecule has 1 fully saturated rings. The molecule has 1 aliphatic heterocycles. The van der Waals surface area contributed by atoms with Crippen LogP contribution in [0.4, 0.5) is 5.69 Å². The second kappa shape index (κ2) is 6.11. The molecule has 1 saturated heterocycles. The van der Waals surface area contributed by atoms with E-state index in [4.69, 9.17) is 16.7 Å². The highest BCUT2D eigenvalue weighted by molar-refractivity contribution is 6.32. The molecule has 0 radical (unpaired) electrons. The Morgan fingerprint density at radius 3 is 2.74 bits per heavy atom. The number of anilines is 1. The van der Waals surface area contributed by atoms with Crippen molar-refractivity contribution in [2.24, 2.45) is 5.92 Å². The van der Waals surface area contributed by atoms with Crippen LogP contribution in [0.15, 0.2) is 24.3 Å². The number of hydrogen-bond donors (Lipinski definition) is 1. The molecular formula is C15H18ClNO2. The third kappa shape index (κ3) is 3.51. The van der Waals surface area contributed by atoms with Crippen LogP contribution in [0.2, 0.25) is 5.02 Å². The fourth-order valence-electron chi connectivity index (χ4n) is 2.37. The minimum atomic E-state index is -0.960. The highest BCUT2D eigenvalue weighted by atomic mass is 35.5. The lowest BCUT2D eigenvalue weighted by atomic mass is 9.98. The predicted octanol–water partition coefficient (Wildman–Crippen LogP) is 3.67. The quantitative estimate of drug-likeness (QED) is 0.858. The van der Waals surface area contributed by atoms with Gasteiger partial charge in [0.1, 0.15) is 0 Å². The number of carboxylic acid groups (broad SMARTS) is 1. The van der Waals surface area contributed by atoms with Crippen molar-refractivity contribution in [2.75, 3.05) is 18.0 Å². The van der Waals surface area contributed by atoms with E-state index in [0.717, 1.165) is 49.2 Å². The van der Waals surface area contributed by atoms with Gasteiger partial charge in [0.05, 0.1) is 0 Å². The molecule has 1 aromatic carbocycles. The lowest BCUT2D eigenvalue weighted by Gasteiger charge is -2.33. The first-order valence-electron chi connectivity index (χ1n) is 6.52. The summed E-state index contributed by atoms with van der Waals surface area (Å²) in [5, 5.41) is 9.35. The zero-order valence-electron chi connectivity index (χ0n) is 11.0. The highest BCUT2D eigenvalue weighted by Gasteiger charge is 2.18. The lowest BCUT2D eigenvalue weighted by molar-refractivity contribution is -0.131. The summed E-state index contributed by atoms with van der Waals surface area (Å²) in [7, 11) is 0. The van der Waals surface area contributed by atoms with Gasteiger partial charge in [0.25, 0.3) is 0 Å². The van der Waals surface area contributed by atoms with Gasteiger partial charge in [0.2, 0.25) is 0 Å². The Labute approximate surface area is 118 Å². The summed E-state index contributed by atoms with van der Waals surface area (Å²) in [6.07, 6.45) is 5.04. The van der Waals surface area contributed by atoms with Crippen LogP contribution >= 0.6 is 11.6 Å². The van der Waals surface area contributed by atoms with Gasteiger partial charge in [-0.1, -0.05) is 24.6 Å². The van der Waals surface area contributed by atoms with E-state index in [1.165, 1.54) is 0 Å². The molecule has 102 valence electrons. The minimum Gasteiger partial charge on any atom is -0.478 e. The molecule has 1 aliphatic rings. The molecule has 19 heavy (non-hydrogen) atoms. The summed E-state index contributed by atoms with van der Waals surface area (Å²) in [6, 6.07) is 5.70. The van der Waals surface area contributed by atoms with Gasteiger partial charge >= 0.3 is 5.97 Å². The summed E-state index contributed by atoms with van der Waals surface area (Å²) >= 11 is 6.19. The van der Waals surface area contributed by atoms with Crippen molar-refractivity contribution in [1.82, 2.24) is 0 Å². The Balaban J connectivity index is 2.29. The second-order valence-electron chi connectivity index (χ2n) is 5.01. The number of nitrogens with zero attached hydrogens (tertiary/aromatic N) is 1. The SMILES string of the molecule is CC1CCN(c2cccc(Cl)c2C=CC(=O)O)CC1. The van der Waals surface area contributed by atoms with Crippen LogP contribution in [-0.2, 0) is 4.79 Å². The first kappa shape index (κ1) is 13.9. The molecule has 1 aromatic rings. The number of halogens is 1. The van der Waals surface area contributed by atoms with Crippen LogP contribution < -0.4 is 4.90 Å². The molecular weight excluding hydrogens is 262 g/mol. The molecule has 0 unspecified atom stereocenters. The molecule has 4 heteroatoms. The highest BCUT2D eigenvalue weighted by Crippen LogP contribution is 2.31. The fourth-order valence-corrected chi connectivity index (χ4v) is 2.60. The monoisotopic (exact) mass is 279 g/mol. The average molecular weight is 280 g/mol. The number of carbonyl (C=O) groups is 1. The van der Waals surface area contributed by atoms with E-state index in [-0.39, 0.29) is 0 Å². The van der Waals surface area contributed by atoms with Crippen molar-refractivity contribution in [3.8, 4) is 0 Å². The molecule has 0 bridgehead atoms. The van der Waals surface area contributed by atoms with Gasteiger partial charge < -0.3 is 10.0 Å². The van der Waals surface area contributed by atoms with E-state index in [9.17, 15) is 4.79 Å². The minimum absolute atomic E-state index is 0.591. The lowest BCUT2D eigenvalue weighted by Crippen LogP contribution is -2.33. The summed E-state index contributed by atoms with van der Waals surface area (Å²) in [4.78, 5) is 13.0. The van der Waals surface area contributed by atoms with Crippen LogP contribution in [0.25, 0.3) is 6.08 Å². The zero-order chi connectivity index (χ0) is 13.8. The standard InChI is InChI=1S/C15H18ClNO2/c1-11-7-9-17(10-8-11)14-4-2-3-13(16)12(14)5-6-15(18)19/h2-6,11H,7-10H2,1H3,(H,18,19). The first-order chi connectivity index (χ1) is 9.08. The summed E-state index contributed by atoms with van der Waals surface area (Å²) in [5.41, 5.74) is 1.82. The van der Waals surface area contributed by atoms with Crippen molar-refractivity contribution >= 4 is 29.3 Å². The molecule has 0 spiro atoms. The largest absolute Gasteiger partial charge is 0.478 e. The van der Waals surface area contributed by atoms with Gasteiger partial charge in [0.15, 0.2) is 0 Å². The van der Waals surface area contributed by atoms with Crippen molar-refractivity contribution in [1.29, 1.82) is 0 Å². The van der Waals surface area contributed by atoms with Gasteiger partial charge in [0, 0.05) is 35.4 Å². The van der Waals surface area contributed by atoms with E-state index in [2.05, 4.69) is 11.8 Å². The molecule has 1 N–H and O–H groups in total. The van der Waals surface area contributed by atoms with Crippen molar-refractivity contribution in [3.63, 3.8) is 0 Å². The van der Waals surface area contributed by atoms with Crippen LogP contribution in [0.5, 0.6) is 0 Å². The molecule has 1 heterocycles. The molecule has 0 aromatic heterocycles. The van der Waals surface area contributed by atoms with Gasteiger partial charge in [-0.05, 0) is 37.0 Å². The van der Waals surface area contributed by atoms with Crippen molar-refractivity contribution in [2.45, 2.75) is 19.8 Å². The van der Waals surface area contributed by atoms with Crippen LogP contribution in [-0.4, -0.2) is 24.2 Å². The summed E-state index contributed by atoms with van der Waals surface area (Å²) in [6.45, 7) is 4.26. The normalized spacial score (nSPS) is 17.1. The van der Waals surface area contributed by atoms with Crippen LogP contribution in [0, 0.1) is 5.92 Å². The second-order valence-corrected chi connectivity index (χ2v) is 5.42. The van der Waals surface area contributed by atoms with Gasteiger partial charge in [-0.25, -0.2) is 4.79 Å². The maximum absolute atomic E-state index is 10.7. The fraction of sp³-hybridized carbons (Fsp3) is 0.400. The average Bonchev–Trinajstić information content (AvgIpc) is 2.38. The maximum atomic E-state index is 10.7. The Bertz CT molecular complexity index is 491. The molecule has 0 atom stereocenters. The molecule has 0 amide bonds.